The molecule has 0 radical (unpaired) electrons. The van der Waals surface area contributed by atoms with Crippen LogP contribution in [0, 0.1) is 17.8 Å². The van der Waals surface area contributed by atoms with Gasteiger partial charge in [0.2, 0.25) is 0 Å². The van der Waals surface area contributed by atoms with Gasteiger partial charge in [0.15, 0.2) is 0 Å². The average molecular weight is 292 g/mol. The Hall–Kier alpha value is 0.500. The normalized spacial score (nSPS) is 50.2. The van der Waals surface area contributed by atoms with E-state index in [1.54, 1.807) is 0 Å². The van der Waals surface area contributed by atoms with Gasteiger partial charge in [0.1, 0.15) is 0 Å². The third kappa shape index (κ3) is 2.82. The predicted octanol–water partition coefficient (Wildman–Crippen LogP) is 2.75. The molecule has 104 valence electrons. The smallest absolute Gasteiger partial charge is 0.0586 e. The van der Waals surface area contributed by atoms with Crippen LogP contribution in [0.3, 0.4) is 0 Å². The van der Waals surface area contributed by atoms with Crippen molar-refractivity contribution in [1.82, 2.24) is 5.32 Å². The molecule has 0 bridgehead atoms. The van der Waals surface area contributed by atoms with Crippen molar-refractivity contribution in [1.29, 1.82) is 0 Å². The second-order valence-electron chi connectivity index (χ2n) is 6.42. The van der Waals surface area contributed by atoms with Gasteiger partial charge in [-0.2, -0.15) is 0 Å². The summed E-state index contributed by atoms with van der Waals surface area (Å²) in [7, 11) is 0. The Balaban J connectivity index is 1.62. The van der Waals surface area contributed by atoms with Crippen LogP contribution in [0.5, 0.6) is 0 Å². The largest absolute Gasteiger partial charge is 0.393 e. The molecule has 2 N–H and O–H groups in total. The van der Waals surface area contributed by atoms with Crippen molar-refractivity contribution >= 4 is 23.2 Å². The van der Waals surface area contributed by atoms with E-state index >= 15 is 0 Å². The van der Waals surface area contributed by atoms with E-state index in [0.717, 1.165) is 18.9 Å². The molecule has 0 spiro atoms. The lowest BCUT2D eigenvalue weighted by molar-refractivity contribution is 0.0241. The SMILES string of the molecule is OC1CC(Cl)C(Cl)CC1C1CCNC(C2CC2)C1. The number of nitrogens with one attached hydrogen (secondary N) is 1. The maximum atomic E-state index is 10.3. The predicted molar refractivity (Wildman–Crippen MR) is 75.3 cm³/mol. The molecule has 3 aliphatic rings. The van der Waals surface area contributed by atoms with Crippen molar-refractivity contribution in [2.75, 3.05) is 6.54 Å². The molecular weight excluding hydrogens is 269 g/mol. The zero-order chi connectivity index (χ0) is 12.7. The Morgan fingerprint density at radius 1 is 0.889 bits per heavy atom. The van der Waals surface area contributed by atoms with Crippen molar-refractivity contribution in [3.63, 3.8) is 0 Å². The minimum absolute atomic E-state index is 0.0364. The molecule has 2 nitrogen and oxygen atoms in total. The minimum atomic E-state index is -0.245. The molecule has 0 aromatic carbocycles. The molecule has 6 unspecified atom stereocenters. The molecule has 1 heterocycles. The van der Waals surface area contributed by atoms with Crippen LogP contribution in [0.2, 0.25) is 0 Å². The van der Waals surface area contributed by atoms with Crippen molar-refractivity contribution in [2.24, 2.45) is 17.8 Å². The van der Waals surface area contributed by atoms with Crippen molar-refractivity contribution in [3.05, 3.63) is 0 Å². The highest BCUT2D eigenvalue weighted by molar-refractivity contribution is 6.30. The third-order valence-corrected chi connectivity index (χ3v) is 6.22. The van der Waals surface area contributed by atoms with E-state index in [-0.39, 0.29) is 16.9 Å². The molecule has 18 heavy (non-hydrogen) atoms. The van der Waals surface area contributed by atoms with Crippen LogP contribution in [0.1, 0.15) is 38.5 Å². The van der Waals surface area contributed by atoms with Crippen LogP contribution in [0.4, 0.5) is 0 Å². The maximum Gasteiger partial charge on any atom is 0.0586 e. The van der Waals surface area contributed by atoms with Gasteiger partial charge < -0.3 is 10.4 Å². The number of piperidine rings is 1. The van der Waals surface area contributed by atoms with Gasteiger partial charge >= 0.3 is 0 Å². The Morgan fingerprint density at radius 2 is 1.61 bits per heavy atom. The molecule has 1 saturated heterocycles. The molecule has 3 fully saturated rings. The number of halogens is 2. The highest BCUT2D eigenvalue weighted by Gasteiger charge is 2.42. The van der Waals surface area contributed by atoms with Gasteiger partial charge in [0.25, 0.3) is 0 Å². The first-order chi connectivity index (χ1) is 8.65. The highest BCUT2D eigenvalue weighted by Crippen LogP contribution is 2.43. The summed E-state index contributed by atoms with van der Waals surface area (Å²) in [6, 6.07) is 0.693. The zero-order valence-electron chi connectivity index (χ0n) is 10.7. The first-order valence-electron chi connectivity index (χ1n) is 7.34. The molecule has 2 saturated carbocycles. The third-order valence-electron chi connectivity index (χ3n) is 5.13. The first kappa shape index (κ1) is 13.5. The average Bonchev–Trinajstić information content (AvgIpc) is 3.18. The lowest BCUT2D eigenvalue weighted by atomic mass is 9.72. The number of hydrogen-bond donors (Lipinski definition) is 2. The summed E-state index contributed by atoms with van der Waals surface area (Å²) >= 11 is 12.4. The van der Waals surface area contributed by atoms with Crippen LogP contribution in [0.25, 0.3) is 0 Å². The van der Waals surface area contributed by atoms with E-state index in [0.29, 0.717) is 24.3 Å². The van der Waals surface area contributed by atoms with Crippen molar-refractivity contribution < 1.29 is 5.11 Å². The Morgan fingerprint density at radius 3 is 2.33 bits per heavy atom. The number of rotatable bonds is 2. The van der Waals surface area contributed by atoms with Gasteiger partial charge in [-0.1, -0.05) is 0 Å². The molecule has 1 aliphatic heterocycles. The lowest BCUT2D eigenvalue weighted by Gasteiger charge is -2.42. The Bertz CT molecular complexity index is 298. The van der Waals surface area contributed by atoms with E-state index in [1.807, 2.05) is 0 Å². The summed E-state index contributed by atoms with van der Waals surface area (Å²) < 4.78 is 0. The number of alkyl halides is 2. The quantitative estimate of drug-likeness (QED) is 0.767. The highest BCUT2D eigenvalue weighted by atomic mass is 35.5. The fraction of sp³-hybridized carbons (Fsp3) is 1.00. The van der Waals surface area contributed by atoms with Crippen LogP contribution in [-0.4, -0.2) is 34.6 Å². The fourth-order valence-corrected chi connectivity index (χ4v) is 4.45. The summed E-state index contributed by atoms with van der Waals surface area (Å²) in [5.41, 5.74) is 0. The fourth-order valence-electron chi connectivity index (χ4n) is 3.85. The number of aliphatic hydroxyl groups is 1. The molecule has 6 atom stereocenters. The molecule has 4 heteroatoms. The van der Waals surface area contributed by atoms with Crippen LogP contribution >= 0.6 is 23.2 Å². The van der Waals surface area contributed by atoms with E-state index in [2.05, 4.69) is 5.32 Å². The van der Waals surface area contributed by atoms with Crippen LogP contribution < -0.4 is 5.32 Å². The minimum Gasteiger partial charge on any atom is -0.393 e. The number of aliphatic hydroxyl groups excluding tert-OH is 1. The Kier molecular flexibility index (Phi) is 4.10. The van der Waals surface area contributed by atoms with E-state index < -0.39 is 0 Å². The van der Waals surface area contributed by atoms with Gasteiger partial charge in [-0.3, -0.25) is 0 Å². The standard InChI is InChI=1S/C14H23Cl2NO/c15-11-6-10(14(18)7-12(11)16)9-3-4-17-13(5-9)8-1-2-8/h8-14,17-18H,1-7H2. The molecule has 2 aliphatic carbocycles. The van der Waals surface area contributed by atoms with Gasteiger partial charge in [-0.15, -0.1) is 23.2 Å². The van der Waals surface area contributed by atoms with Crippen molar-refractivity contribution in [2.45, 2.75) is 61.4 Å². The van der Waals surface area contributed by atoms with Gasteiger partial charge in [0.05, 0.1) is 16.9 Å². The molecule has 0 aromatic rings. The van der Waals surface area contributed by atoms with Gasteiger partial charge in [0, 0.05) is 6.04 Å². The van der Waals surface area contributed by atoms with Gasteiger partial charge in [-0.05, 0) is 62.8 Å². The van der Waals surface area contributed by atoms with Gasteiger partial charge in [-0.25, -0.2) is 0 Å². The van der Waals surface area contributed by atoms with E-state index in [4.69, 9.17) is 23.2 Å². The summed E-state index contributed by atoms with van der Waals surface area (Å²) in [5.74, 6) is 1.91. The lowest BCUT2D eigenvalue weighted by Crippen LogP contribution is -2.47. The second kappa shape index (κ2) is 5.47. The monoisotopic (exact) mass is 291 g/mol. The Labute approximate surface area is 119 Å². The second-order valence-corrected chi connectivity index (χ2v) is 7.54. The molecule has 0 amide bonds. The van der Waals surface area contributed by atoms with Crippen molar-refractivity contribution in [3.8, 4) is 0 Å². The van der Waals surface area contributed by atoms with Crippen LogP contribution in [0.15, 0.2) is 0 Å². The van der Waals surface area contributed by atoms with Crippen LogP contribution in [-0.2, 0) is 0 Å². The van der Waals surface area contributed by atoms with E-state index in [9.17, 15) is 5.11 Å². The van der Waals surface area contributed by atoms with E-state index in [1.165, 1.54) is 25.7 Å². The summed E-state index contributed by atoms with van der Waals surface area (Å²) in [5, 5.41) is 13.9. The molecule has 3 rings (SSSR count). The summed E-state index contributed by atoms with van der Waals surface area (Å²) in [6.07, 6.45) is 6.49. The topological polar surface area (TPSA) is 32.3 Å². The summed E-state index contributed by atoms with van der Waals surface area (Å²) in [6.45, 7) is 1.10. The maximum absolute atomic E-state index is 10.3. The molecular formula is C14H23Cl2NO. The molecule has 0 aromatic heterocycles. The summed E-state index contributed by atoms with van der Waals surface area (Å²) in [4.78, 5) is 0. The first-order valence-corrected chi connectivity index (χ1v) is 8.22. The zero-order valence-corrected chi connectivity index (χ0v) is 12.2. The number of hydrogen-bond acceptors (Lipinski definition) is 2.